The number of carbonyl (C=O) groups excluding carboxylic acids is 1. The van der Waals surface area contributed by atoms with Crippen LogP contribution in [0.2, 0.25) is 0 Å². The fourth-order valence-electron chi connectivity index (χ4n) is 3.87. The number of benzene rings is 2. The molecule has 0 saturated carbocycles. The highest BCUT2D eigenvalue weighted by Gasteiger charge is 2.15. The average Bonchev–Trinajstić information content (AvgIpc) is 3.37. The van der Waals surface area contributed by atoms with Crippen molar-refractivity contribution >= 4 is 15.9 Å². The third kappa shape index (κ3) is 6.54. The normalized spacial score (nSPS) is 14.8. The summed E-state index contributed by atoms with van der Waals surface area (Å²) in [6, 6.07) is 17.6. The van der Waals surface area contributed by atoms with Gasteiger partial charge < -0.3 is 9.73 Å². The number of rotatable bonds is 9. The molecule has 8 heteroatoms. The van der Waals surface area contributed by atoms with Crippen molar-refractivity contribution in [3.8, 4) is 0 Å². The second kappa shape index (κ2) is 10.8. The molecular formula is C25H29N3O4S. The summed E-state index contributed by atoms with van der Waals surface area (Å²) in [5.74, 6) is 0.272. The van der Waals surface area contributed by atoms with Gasteiger partial charge in [0.1, 0.15) is 5.76 Å². The molecule has 7 nitrogen and oxygen atoms in total. The topological polar surface area (TPSA) is 91.7 Å². The van der Waals surface area contributed by atoms with Crippen molar-refractivity contribution in [3.63, 3.8) is 0 Å². The van der Waals surface area contributed by atoms with Crippen LogP contribution in [-0.4, -0.2) is 32.3 Å². The minimum Gasteiger partial charge on any atom is -0.468 e. The summed E-state index contributed by atoms with van der Waals surface area (Å²) >= 11 is 0. The first-order valence-electron chi connectivity index (χ1n) is 11.2. The minimum absolute atomic E-state index is 0.0639. The molecule has 4 rings (SSSR count). The van der Waals surface area contributed by atoms with Crippen molar-refractivity contribution < 1.29 is 17.6 Å². The van der Waals surface area contributed by atoms with Crippen molar-refractivity contribution in [2.24, 2.45) is 0 Å². The van der Waals surface area contributed by atoms with Crippen molar-refractivity contribution in [2.45, 2.75) is 43.8 Å². The molecule has 0 atom stereocenters. The molecule has 1 fully saturated rings. The standard InChI is InChI=1S/C25H29N3O4S/c29-25(26-17-20-6-8-21(9-7-20)19-28-14-2-1-3-15-28)22-10-12-24(13-11-22)33(30,31)27-18-23-5-4-16-32-23/h4-13,16,27H,1-3,14-15,17-19H2,(H,26,29). The average molecular weight is 468 g/mol. The Hall–Kier alpha value is -2.94. The van der Waals surface area contributed by atoms with E-state index in [2.05, 4.69) is 27.1 Å². The molecule has 0 bridgehead atoms. The van der Waals surface area contributed by atoms with Gasteiger partial charge in [0.25, 0.3) is 5.91 Å². The van der Waals surface area contributed by atoms with Crippen LogP contribution in [0.3, 0.4) is 0 Å². The van der Waals surface area contributed by atoms with Crippen LogP contribution in [-0.2, 0) is 29.7 Å². The van der Waals surface area contributed by atoms with Crippen LogP contribution >= 0.6 is 0 Å². The summed E-state index contributed by atoms with van der Waals surface area (Å²) in [6.45, 7) is 3.77. The highest BCUT2D eigenvalue weighted by molar-refractivity contribution is 7.89. The quantitative estimate of drug-likeness (QED) is 0.501. The molecule has 1 amide bonds. The van der Waals surface area contributed by atoms with Gasteiger partial charge in [-0.15, -0.1) is 0 Å². The molecule has 1 aliphatic heterocycles. The number of likely N-dealkylation sites (tertiary alicyclic amines) is 1. The fourth-order valence-corrected chi connectivity index (χ4v) is 4.86. The van der Waals surface area contributed by atoms with E-state index in [1.807, 2.05) is 12.1 Å². The summed E-state index contributed by atoms with van der Waals surface area (Å²) in [4.78, 5) is 15.1. The van der Waals surface area contributed by atoms with E-state index in [9.17, 15) is 13.2 Å². The molecule has 2 aromatic carbocycles. The number of amides is 1. The number of carbonyl (C=O) groups is 1. The Morgan fingerprint density at radius 3 is 2.24 bits per heavy atom. The molecule has 3 aromatic rings. The Labute approximate surface area is 194 Å². The van der Waals surface area contributed by atoms with E-state index >= 15 is 0 Å². The lowest BCUT2D eigenvalue weighted by Gasteiger charge is -2.26. The lowest BCUT2D eigenvalue weighted by Crippen LogP contribution is -2.29. The van der Waals surface area contributed by atoms with Crippen LogP contribution in [0, 0.1) is 0 Å². The Morgan fingerprint density at radius 2 is 1.58 bits per heavy atom. The molecule has 0 aliphatic carbocycles. The van der Waals surface area contributed by atoms with Crippen LogP contribution in [0.5, 0.6) is 0 Å². The molecule has 2 heterocycles. The number of nitrogens with zero attached hydrogens (tertiary/aromatic N) is 1. The third-order valence-electron chi connectivity index (χ3n) is 5.77. The number of sulfonamides is 1. The first-order chi connectivity index (χ1) is 16.0. The largest absolute Gasteiger partial charge is 0.468 e. The van der Waals surface area contributed by atoms with E-state index in [0.717, 1.165) is 25.2 Å². The number of piperidine rings is 1. The predicted molar refractivity (Wildman–Crippen MR) is 126 cm³/mol. The number of nitrogens with one attached hydrogen (secondary N) is 2. The van der Waals surface area contributed by atoms with Gasteiger partial charge in [-0.1, -0.05) is 30.7 Å². The monoisotopic (exact) mass is 467 g/mol. The van der Waals surface area contributed by atoms with Crippen molar-refractivity contribution in [2.75, 3.05) is 13.1 Å². The lowest BCUT2D eigenvalue weighted by atomic mass is 10.1. The van der Waals surface area contributed by atoms with Gasteiger partial charge in [0, 0.05) is 18.7 Å². The fraction of sp³-hybridized carbons (Fsp3) is 0.320. The minimum atomic E-state index is -3.69. The van der Waals surface area contributed by atoms with Gasteiger partial charge >= 0.3 is 0 Å². The molecule has 1 aliphatic rings. The molecule has 33 heavy (non-hydrogen) atoms. The molecule has 0 spiro atoms. The molecular weight excluding hydrogens is 438 g/mol. The molecule has 0 unspecified atom stereocenters. The van der Waals surface area contributed by atoms with E-state index in [1.165, 1.54) is 55.4 Å². The summed E-state index contributed by atoms with van der Waals surface area (Å²) in [7, 11) is -3.69. The van der Waals surface area contributed by atoms with E-state index < -0.39 is 10.0 Å². The van der Waals surface area contributed by atoms with Crippen molar-refractivity contribution in [1.82, 2.24) is 14.9 Å². The van der Waals surface area contributed by atoms with E-state index in [-0.39, 0.29) is 17.3 Å². The van der Waals surface area contributed by atoms with Gasteiger partial charge in [-0.25, -0.2) is 13.1 Å². The molecule has 2 N–H and O–H groups in total. The van der Waals surface area contributed by atoms with Gasteiger partial charge in [0.2, 0.25) is 10.0 Å². The van der Waals surface area contributed by atoms with E-state index in [1.54, 1.807) is 12.1 Å². The van der Waals surface area contributed by atoms with Gasteiger partial charge in [-0.2, -0.15) is 0 Å². The van der Waals surface area contributed by atoms with Crippen LogP contribution in [0.1, 0.15) is 46.5 Å². The summed E-state index contributed by atoms with van der Waals surface area (Å²) in [6.07, 6.45) is 5.37. The molecule has 1 saturated heterocycles. The van der Waals surface area contributed by atoms with Gasteiger partial charge in [-0.3, -0.25) is 9.69 Å². The number of hydrogen-bond donors (Lipinski definition) is 2. The first kappa shape index (κ1) is 23.2. The van der Waals surface area contributed by atoms with Crippen LogP contribution in [0.4, 0.5) is 0 Å². The molecule has 174 valence electrons. The van der Waals surface area contributed by atoms with Crippen molar-refractivity contribution in [3.05, 3.63) is 89.4 Å². The highest BCUT2D eigenvalue weighted by atomic mass is 32.2. The third-order valence-corrected chi connectivity index (χ3v) is 7.19. The van der Waals surface area contributed by atoms with Crippen molar-refractivity contribution in [1.29, 1.82) is 0 Å². The maximum absolute atomic E-state index is 12.5. The number of furan rings is 1. The SMILES string of the molecule is O=C(NCc1ccc(CN2CCCCC2)cc1)c1ccc(S(=O)(=O)NCc2ccco2)cc1. The maximum Gasteiger partial charge on any atom is 0.251 e. The Morgan fingerprint density at radius 1 is 0.879 bits per heavy atom. The summed E-state index contributed by atoms with van der Waals surface area (Å²) in [5, 5.41) is 2.89. The van der Waals surface area contributed by atoms with Gasteiger partial charge in [0.15, 0.2) is 0 Å². The van der Waals surface area contributed by atoms with E-state index in [0.29, 0.717) is 17.9 Å². The Balaban J connectivity index is 1.27. The zero-order chi connectivity index (χ0) is 23.1. The van der Waals surface area contributed by atoms with E-state index in [4.69, 9.17) is 4.42 Å². The van der Waals surface area contributed by atoms with Crippen LogP contribution < -0.4 is 10.0 Å². The zero-order valence-electron chi connectivity index (χ0n) is 18.5. The second-order valence-corrected chi connectivity index (χ2v) is 10.0. The highest BCUT2D eigenvalue weighted by Crippen LogP contribution is 2.15. The second-order valence-electron chi connectivity index (χ2n) is 8.26. The molecule has 1 aromatic heterocycles. The van der Waals surface area contributed by atoms with Crippen LogP contribution in [0.25, 0.3) is 0 Å². The smallest absolute Gasteiger partial charge is 0.251 e. The molecule has 0 radical (unpaired) electrons. The predicted octanol–water partition coefficient (Wildman–Crippen LogP) is 3.67. The zero-order valence-corrected chi connectivity index (χ0v) is 19.3. The first-order valence-corrected chi connectivity index (χ1v) is 12.7. The van der Waals surface area contributed by atoms with Crippen LogP contribution in [0.15, 0.2) is 76.2 Å². The summed E-state index contributed by atoms with van der Waals surface area (Å²) < 4.78 is 32.4. The Bertz CT molecular complexity index is 1140. The Kier molecular flexibility index (Phi) is 7.59. The lowest BCUT2D eigenvalue weighted by molar-refractivity contribution is 0.0951. The van der Waals surface area contributed by atoms with Gasteiger partial charge in [0.05, 0.1) is 17.7 Å². The summed E-state index contributed by atoms with van der Waals surface area (Å²) in [5.41, 5.74) is 2.71. The number of hydrogen-bond acceptors (Lipinski definition) is 5. The maximum atomic E-state index is 12.5. The van der Waals surface area contributed by atoms with Gasteiger partial charge in [-0.05, 0) is 73.5 Å².